The van der Waals surface area contributed by atoms with E-state index in [1.165, 1.54) is 17.8 Å². The van der Waals surface area contributed by atoms with Crippen LogP contribution in [0.5, 0.6) is 0 Å². The molecule has 1 aromatic carbocycles. The summed E-state index contributed by atoms with van der Waals surface area (Å²) in [4.78, 5) is 25.6. The lowest BCUT2D eigenvalue weighted by atomic mass is 10.1. The maximum Gasteiger partial charge on any atom is 0.336 e. The first kappa shape index (κ1) is 15.5. The summed E-state index contributed by atoms with van der Waals surface area (Å²) in [5.41, 5.74) is 1.89. The minimum absolute atomic E-state index is 0.332. The molecule has 5 nitrogen and oxygen atoms in total. The number of aryl methyl sites for hydroxylation is 1. The zero-order chi connectivity index (χ0) is 17.2. The molecule has 4 aromatic rings. The Morgan fingerprint density at radius 3 is 2.76 bits per heavy atom. The van der Waals surface area contributed by atoms with E-state index in [4.69, 9.17) is 4.42 Å². The van der Waals surface area contributed by atoms with Crippen LogP contribution in [0.3, 0.4) is 0 Å². The van der Waals surface area contributed by atoms with E-state index in [-0.39, 0.29) is 5.63 Å². The molecule has 0 saturated carbocycles. The van der Waals surface area contributed by atoms with Crippen LogP contribution < -0.4 is 5.63 Å². The minimum atomic E-state index is -0.332. The van der Waals surface area contributed by atoms with Gasteiger partial charge in [0.05, 0.1) is 0 Å². The van der Waals surface area contributed by atoms with Gasteiger partial charge in [-0.15, -0.1) is 0 Å². The fourth-order valence-electron chi connectivity index (χ4n) is 2.50. The summed E-state index contributed by atoms with van der Waals surface area (Å²) in [5, 5.41) is 1.74. The fourth-order valence-corrected chi connectivity index (χ4v) is 3.32. The van der Waals surface area contributed by atoms with Gasteiger partial charge in [0.2, 0.25) is 0 Å². The normalized spacial score (nSPS) is 10.9. The van der Waals surface area contributed by atoms with Gasteiger partial charge in [0.1, 0.15) is 16.3 Å². The first-order chi connectivity index (χ1) is 12.2. The number of benzene rings is 1. The Kier molecular flexibility index (Phi) is 4.03. The summed E-state index contributed by atoms with van der Waals surface area (Å²) < 4.78 is 5.23. The molecular weight excluding hydrogens is 334 g/mol. The van der Waals surface area contributed by atoms with Crippen LogP contribution in [-0.2, 0) is 0 Å². The highest BCUT2D eigenvalue weighted by atomic mass is 32.2. The molecule has 0 atom stereocenters. The number of nitrogens with zero attached hydrogens (tertiary/aromatic N) is 3. The van der Waals surface area contributed by atoms with E-state index in [2.05, 4.69) is 15.0 Å². The molecule has 4 rings (SSSR count). The summed E-state index contributed by atoms with van der Waals surface area (Å²) >= 11 is 1.53. The van der Waals surface area contributed by atoms with Gasteiger partial charge in [-0.25, -0.2) is 14.8 Å². The average molecular weight is 347 g/mol. The molecule has 3 heterocycles. The molecule has 0 aliphatic rings. The predicted octanol–water partition coefficient (Wildman–Crippen LogP) is 4.10. The molecule has 0 spiro atoms. The van der Waals surface area contributed by atoms with Crippen molar-refractivity contribution in [1.82, 2.24) is 15.0 Å². The zero-order valence-electron chi connectivity index (χ0n) is 13.3. The van der Waals surface area contributed by atoms with Gasteiger partial charge in [-0.3, -0.25) is 4.98 Å². The largest absolute Gasteiger partial charge is 0.423 e. The highest BCUT2D eigenvalue weighted by Gasteiger charge is 2.07. The van der Waals surface area contributed by atoms with Crippen LogP contribution in [0.1, 0.15) is 5.56 Å². The maximum absolute atomic E-state index is 11.5. The molecular formula is C19H13N3O2S. The standard InChI is InChI=1S/C19H13N3O2S/c1-12-10-18(23)24-16-6-5-13(11-14(12)16)25-17-7-9-21-19(22-17)15-4-2-3-8-20-15/h2-11H,1H3. The number of pyridine rings is 1. The molecule has 0 bridgehead atoms. The highest BCUT2D eigenvalue weighted by Crippen LogP contribution is 2.30. The van der Waals surface area contributed by atoms with E-state index in [9.17, 15) is 4.79 Å². The molecule has 0 fully saturated rings. The molecule has 3 aromatic heterocycles. The summed E-state index contributed by atoms with van der Waals surface area (Å²) in [6.07, 6.45) is 3.45. The average Bonchev–Trinajstić information content (AvgIpc) is 2.63. The molecule has 0 amide bonds. The van der Waals surface area contributed by atoms with E-state index in [1.54, 1.807) is 12.4 Å². The van der Waals surface area contributed by atoms with E-state index in [0.29, 0.717) is 11.4 Å². The summed E-state index contributed by atoms with van der Waals surface area (Å²) in [7, 11) is 0. The number of fused-ring (bicyclic) bond motifs is 1. The van der Waals surface area contributed by atoms with Gasteiger partial charge in [0.25, 0.3) is 0 Å². The lowest BCUT2D eigenvalue weighted by Crippen LogP contribution is -1.97. The lowest BCUT2D eigenvalue weighted by Gasteiger charge is -2.05. The molecule has 25 heavy (non-hydrogen) atoms. The summed E-state index contributed by atoms with van der Waals surface area (Å²) in [5.74, 6) is 0.591. The Morgan fingerprint density at radius 1 is 1.00 bits per heavy atom. The van der Waals surface area contributed by atoms with Crippen molar-refractivity contribution in [3.63, 3.8) is 0 Å². The van der Waals surface area contributed by atoms with Crippen molar-refractivity contribution in [3.05, 3.63) is 76.9 Å². The fraction of sp³-hybridized carbons (Fsp3) is 0.0526. The van der Waals surface area contributed by atoms with Gasteiger partial charge >= 0.3 is 5.63 Å². The molecule has 0 saturated heterocycles. The van der Waals surface area contributed by atoms with E-state index in [0.717, 1.165) is 26.6 Å². The quantitative estimate of drug-likeness (QED) is 0.410. The second kappa shape index (κ2) is 6.49. The zero-order valence-corrected chi connectivity index (χ0v) is 14.2. The van der Waals surface area contributed by atoms with Crippen LogP contribution in [0.15, 0.2) is 80.1 Å². The van der Waals surface area contributed by atoms with Crippen molar-refractivity contribution in [2.45, 2.75) is 16.8 Å². The van der Waals surface area contributed by atoms with Gasteiger partial charge in [0, 0.05) is 28.7 Å². The smallest absolute Gasteiger partial charge is 0.336 e. The molecule has 0 unspecified atom stereocenters. The molecule has 0 radical (unpaired) electrons. The van der Waals surface area contributed by atoms with Crippen molar-refractivity contribution in [2.75, 3.05) is 0 Å². The summed E-state index contributed by atoms with van der Waals surface area (Å²) in [6, 6.07) is 14.7. The highest BCUT2D eigenvalue weighted by molar-refractivity contribution is 7.99. The lowest BCUT2D eigenvalue weighted by molar-refractivity contribution is 0.559. The molecule has 0 aliphatic carbocycles. The molecule has 6 heteroatoms. The van der Waals surface area contributed by atoms with Crippen LogP contribution in [-0.4, -0.2) is 15.0 Å². The van der Waals surface area contributed by atoms with Gasteiger partial charge in [-0.05, 0) is 48.9 Å². The number of hydrogen-bond acceptors (Lipinski definition) is 6. The van der Waals surface area contributed by atoms with Gasteiger partial charge in [0.15, 0.2) is 5.82 Å². The van der Waals surface area contributed by atoms with Gasteiger partial charge in [-0.1, -0.05) is 17.8 Å². The van der Waals surface area contributed by atoms with Crippen molar-refractivity contribution in [2.24, 2.45) is 0 Å². The van der Waals surface area contributed by atoms with Crippen LogP contribution in [0.2, 0.25) is 0 Å². The maximum atomic E-state index is 11.5. The van der Waals surface area contributed by atoms with E-state index in [1.807, 2.05) is 49.4 Å². The second-order valence-corrected chi connectivity index (χ2v) is 6.54. The number of hydrogen-bond donors (Lipinski definition) is 0. The van der Waals surface area contributed by atoms with Crippen LogP contribution in [0, 0.1) is 6.92 Å². The Morgan fingerprint density at radius 2 is 1.92 bits per heavy atom. The van der Waals surface area contributed by atoms with E-state index < -0.39 is 0 Å². The first-order valence-corrected chi connectivity index (χ1v) is 8.47. The second-order valence-electron chi connectivity index (χ2n) is 5.44. The van der Waals surface area contributed by atoms with Crippen molar-refractivity contribution in [3.8, 4) is 11.5 Å². The van der Waals surface area contributed by atoms with Crippen LogP contribution >= 0.6 is 11.8 Å². The van der Waals surface area contributed by atoms with Crippen molar-refractivity contribution >= 4 is 22.7 Å². The van der Waals surface area contributed by atoms with Gasteiger partial charge in [-0.2, -0.15) is 0 Å². The topological polar surface area (TPSA) is 68.9 Å². The molecule has 0 aliphatic heterocycles. The number of aromatic nitrogens is 3. The Balaban J connectivity index is 1.69. The summed E-state index contributed by atoms with van der Waals surface area (Å²) in [6.45, 7) is 1.90. The monoisotopic (exact) mass is 347 g/mol. The van der Waals surface area contributed by atoms with Crippen molar-refractivity contribution < 1.29 is 4.42 Å². The third kappa shape index (κ3) is 3.29. The SMILES string of the molecule is Cc1cc(=O)oc2ccc(Sc3ccnc(-c4ccccn4)n3)cc12. The Bertz CT molecular complexity index is 1110. The van der Waals surface area contributed by atoms with E-state index >= 15 is 0 Å². The molecule has 0 N–H and O–H groups in total. The number of rotatable bonds is 3. The molecule has 122 valence electrons. The predicted molar refractivity (Wildman–Crippen MR) is 96.6 cm³/mol. The third-order valence-corrected chi connectivity index (χ3v) is 4.59. The van der Waals surface area contributed by atoms with Crippen molar-refractivity contribution in [1.29, 1.82) is 0 Å². The first-order valence-electron chi connectivity index (χ1n) is 7.66. The Hall–Kier alpha value is -2.99. The minimum Gasteiger partial charge on any atom is -0.423 e. The van der Waals surface area contributed by atoms with Gasteiger partial charge < -0.3 is 4.42 Å². The Labute approximate surface area is 147 Å². The third-order valence-electron chi connectivity index (χ3n) is 3.67. The van der Waals surface area contributed by atoms with Crippen LogP contribution in [0.25, 0.3) is 22.5 Å². The van der Waals surface area contributed by atoms with Crippen LogP contribution in [0.4, 0.5) is 0 Å².